The molecule has 0 aliphatic heterocycles. The summed E-state index contributed by atoms with van der Waals surface area (Å²) in [5.41, 5.74) is 2.64. The first-order valence-corrected chi connectivity index (χ1v) is 6.81. The molecule has 3 nitrogen and oxygen atoms in total. The van der Waals surface area contributed by atoms with Crippen LogP contribution in [0.1, 0.15) is 30.3 Å². The third-order valence-corrected chi connectivity index (χ3v) is 3.35. The first-order valence-electron chi connectivity index (χ1n) is 6.40. The number of hydrogen-bond donors (Lipinski definition) is 1. The molecule has 0 saturated carbocycles. The smallest absolute Gasteiger partial charge is 0.195 e. The van der Waals surface area contributed by atoms with Crippen molar-refractivity contribution >= 4 is 12.2 Å². The Bertz CT molecular complexity index is 551. The van der Waals surface area contributed by atoms with E-state index in [-0.39, 0.29) is 0 Å². The van der Waals surface area contributed by atoms with Crippen LogP contribution >= 0.6 is 12.2 Å². The number of benzene rings is 1. The van der Waals surface area contributed by atoms with E-state index < -0.39 is 0 Å². The molecular weight excluding hydrogens is 242 g/mol. The zero-order valence-electron chi connectivity index (χ0n) is 10.9. The standard InChI is InChI=1S/C14H19N3S/c1-3-10-17-13(15-16-14(17)18)9-8-12-6-4-11(2)5-7-12/h4-7H,3,8-10H2,1-2H3,(H,16,18). The first-order chi connectivity index (χ1) is 8.70. The van der Waals surface area contributed by atoms with Gasteiger partial charge in [-0.25, -0.2) is 0 Å². The van der Waals surface area contributed by atoms with Crippen LogP contribution in [0.3, 0.4) is 0 Å². The van der Waals surface area contributed by atoms with Gasteiger partial charge in [-0.1, -0.05) is 36.8 Å². The second-order valence-corrected chi connectivity index (χ2v) is 4.97. The van der Waals surface area contributed by atoms with Crippen LogP contribution in [0.5, 0.6) is 0 Å². The summed E-state index contributed by atoms with van der Waals surface area (Å²) in [6, 6.07) is 8.67. The van der Waals surface area contributed by atoms with E-state index in [0.29, 0.717) is 0 Å². The maximum absolute atomic E-state index is 5.23. The minimum absolute atomic E-state index is 0.732. The second kappa shape index (κ2) is 5.96. The SMILES string of the molecule is CCCn1c(CCc2ccc(C)cc2)n[nH]c1=S. The van der Waals surface area contributed by atoms with Crippen LogP contribution in [0.4, 0.5) is 0 Å². The van der Waals surface area contributed by atoms with E-state index >= 15 is 0 Å². The number of rotatable bonds is 5. The van der Waals surface area contributed by atoms with E-state index in [0.717, 1.165) is 36.4 Å². The molecule has 2 aromatic rings. The van der Waals surface area contributed by atoms with Crippen molar-refractivity contribution in [3.63, 3.8) is 0 Å². The van der Waals surface area contributed by atoms with Gasteiger partial charge in [-0.2, -0.15) is 5.10 Å². The van der Waals surface area contributed by atoms with Gasteiger partial charge in [-0.15, -0.1) is 0 Å². The van der Waals surface area contributed by atoms with Gasteiger partial charge < -0.3 is 4.57 Å². The number of aryl methyl sites for hydroxylation is 3. The third-order valence-electron chi connectivity index (χ3n) is 3.04. The van der Waals surface area contributed by atoms with E-state index in [2.05, 4.69) is 52.9 Å². The lowest BCUT2D eigenvalue weighted by Crippen LogP contribution is -2.05. The van der Waals surface area contributed by atoms with Crippen LogP contribution in [0.2, 0.25) is 0 Å². The predicted octanol–water partition coefficient (Wildman–Crippen LogP) is 3.44. The summed E-state index contributed by atoms with van der Waals surface area (Å²) in [4.78, 5) is 0. The van der Waals surface area contributed by atoms with Gasteiger partial charge in [0, 0.05) is 13.0 Å². The molecule has 0 radical (unpaired) electrons. The van der Waals surface area contributed by atoms with Gasteiger partial charge in [0.1, 0.15) is 5.82 Å². The average molecular weight is 261 g/mol. The third kappa shape index (κ3) is 3.07. The van der Waals surface area contributed by atoms with E-state index in [1.54, 1.807) is 0 Å². The van der Waals surface area contributed by atoms with Crippen molar-refractivity contribution in [1.29, 1.82) is 0 Å². The van der Waals surface area contributed by atoms with Crippen molar-refractivity contribution in [2.75, 3.05) is 0 Å². The molecule has 0 spiro atoms. The molecule has 2 rings (SSSR count). The Labute approximate surface area is 113 Å². The van der Waals surface area contributed by atoms with E-state index in [4.69, 9.17) is 12.2 Å². The minimum atomic E-state index is 0.732. The fourth-order valence-corrected chi connectivity index (χ4v) is 2.25. The van der Waals surface area contributed by atoms with Gasteiger partial charge in [-0.05, 0) is 37.5 Å². The van der Waals surface area contributed by atoms with Crippen LogP contribution in [0.15, 0.2) is 24.3 Å². The monoisotopic (exact) mass is 261 g/mol. The molecule has 0 aliphatic carbocycles. The number of hydrogen-bond acceptors (Lipinski definition) is 2. The molecule has 0 atom stereocenters. The predicted molar refractivity (Wildman–Crippen MR) is 76.3 cm³/mol. The number of aromatic nitrogens is 3. The zero-order chi connectivity index (χ0) is 13.0. The van der Waals surface area contributed by atoms with E-state index in [1.807, 2.05) is 0 Å². The molecule has 0 unspecified atom stereocenters. The highest BCUT2D eigenvalue weighted by Gasteiger charge is 2.05. The van der Waals surface area contributed by atoms with Crippen LogP contribution in [0, 0.1) is 11.7 Å². The lowest BCUT2D eigenvalue weighted by molar-refractivity contribution is 0.627. The fourth-order valence-electron chi connectivity index (χ4n) is 2.01. The lowest BCUT2D eigenvalue weighted by atomic mass is 10.1. The van der Waals surface area contributed by atoms with Gasteiger partial charge in [-0.3, -0.25) is 5.10 Å². The minimum Gasteiger partial charge on any atom is -0.304 e. The summed E-state index contributed by atoms with van der Waals surface area (Å²) in [6.07, 6.45) is 3.01. The second-order valence-electron chi connectivity index (χ2n) is 4.58. The maximum Gasteiger partial charge on any atom is 0.195 e. The molecule has 18 heavy (non-hydrogen) atoms. The van der Waals surface area contributed by atoms with Crippen LogP contribution in [-0.4, -0.2) is 14.8 Å². The summed E-state index contributed by atoms with van der Waals surface area (Å²) < 4.78 is 2.83. The molecule has 0 saturated heterocycles. The van der Waals surface area contributed by atoms with Gasteiger partial charge in [0.15, 0.2) is 4.77 Å². The Kier molecular flexibility index (Phi) is 4.31. The zero-order valence-corrected chi connectivity index (χ0v) is 11.8. The number of nitrogens with zero attached hydrogens (tertiary/aromatic N) is 2. The van der Waals surface area contributed by atoms with Gasteiger partial charge >= 0.3 is 0 Å². The maximum atomic E-state index is 5.23. The molecule has 0 amide bonds. The summed E-state index contributed by atoms with van der Waals surface area (Å²) >= 11 is 5.23. The van der Waals surface area contributed by atoms with Crippen molar-refractivity contribution in [2.24, 2.45) is 0 Å². The van der Waals surface area contributed by atoms with Crippen LogP contribution in [0.25, 0.3) is 0 Å². The Balaban J connectivity index is 2.06. The Morgan fingerprint density at radius 3 is 2.61 bits per heavy atom. The van der Waals surface area contributed by atoms with Crippen molar-refractivity contribution < 1.29 is 0 Å². The Hall–Kier alpha value is -1.42. The highest BCUT2D eigenvalue weighted by atomic mass is 32.1. The molecule has 1 heterocycles. The molecule has 1 aromatic carbocycles. The Morgan fingerprint density at radius 2 is 1.94 bits per heavy atom. The van der Waals surface area contributed by atoms with Gasteiger partial charge in [0.25, 0.3) is 0 Å². The molecule has 0 bridgehead atoms. The normalized spacial score (nSPS) is 10.8. The molecule has 0 fully saturated rings. The Morgan fingerprint density at radius 1 is 1.22 bits per heavy atom. The summed E-state index contributed by atoms with van der Waals surface area (Å²) in [7, 11) is 0. The quantitative estimate of drug-likeness (QED) is 0.836. The molecule has 96 valence electrons. The molecule has 4 heteroatoms. The number of aromatic amines is 1. The number of nitrogens with one attached hydrogen (secondary N) is 1. The number of H-pyrrole nitrogens is 1. The van der Waals surface area contributed by atoms with Crippen LogP contribution < -0.4 is 0 Å². The van der Waals surface area contributed by atoms with E-state index in [1.165, 1.54) is 11.1 Å². The highest BCUT2D eigenvalue weighted by molar-refractivity contribution is 7.71. The summed E-state index contributed by atoms with van der Waals surface area (Å²) in [5, 5.41) is 7.20. The first kappa shape index (κ1) is 13.0. The average Bonchev–Trinajstić information content (AvgIpc) is 2.71. The van der Waals surface area contributed by atoms with Crippen molar-refractivity contribution in [3.8, 4) is 0 Å². The molecular formula is C14H19N3S. The summed E-state index contributed by atoms with van der Waals surface area (Å²) in [6.45, 7) is 5.20. The largest absolute Gasteiger partial charge is 0.304 e. The van der Waals surface area contributed by atoms with Crippen molar-refractivity contribution in [3.05, 3.63) is 46.0 Å². The van der Waals surface area contributed by atoms with Gasteiger partial charge in [0.2, 0.25) is 0 Å². The van der Waals surface area contributed by atoms with Crippen molar-refractivity contribution in [1.82, 2.24) is 14.8 Å². The topological polar surface area (TPSA) is 33.6 Å². The molecule has 1 N–H and O–H groups in total. The molecule has 1 aromatic heterocycles. The van der Waals surface area contributed by atoms with Crippen LogP contribution in [-0.2, 0) is 19.4 Å². The fraction of sp³-hybridized carbons (Fsp3) is 0.429. The van der Waals surface area contributed by atoms with Crippen molar-refractivity contribution in [2.45, 2.75) is 39.7 Å². The lowest BCUT2D eigenvalue weighted by Gasteiger charge is -2.05. The van der Waals surface area contributed by atoms with Gasteiger partial charge in [0.05, 0.1) is 0 Å². The van der Waals surface area contributed by atoms with E-state index in [9.17, 15) is 0 Å². The summed E-state index contributed by atoms with van der Waals surface area (Å²) in [5.74, 6) is 1.06. The highest BCUT2D eigenvalue weighted by Crippen LogP contribution is 2.08. The molecule has 0 aliphatic rings.